The molecule has 0 bridgehead atoms. The first-order valence-corrected chi connectivity index (χ1v) is 5.02. The summed E-state index contributed by atoms with van der Waals surface area (Å²) < 4.78 is 0. The van der Waals surface area contributed by atoms with E-state index in [-0.39, 0.29) is 0 Å². The lowest BCUT2D eigenvalue weighted by atomic mass is 9.97. The average molecular weight is 180 g/mol. The summed E-state index contributed by atoms with van der Waals surface area (Å²) in [6.07, 6.45) is 8.40. The van der Waals surface area contributed by atoms with E-state index in [0.29, 0.717) is 5.92 Å². The van der Waals surface area contributed by atoms with Crippen LogP contribution < -0.4 is 0 Å². The van der Waals surface area contributed by atoms with E-state index in [1.807, 2.05) is 13.8 Å². The molecule has 0 radical (unpaired) electrons. The van der Waals surface area contributed by atoms with Gasteiger partial charge in [0.25, 0.3) is 0 Å². The third-order valence-electron chi connectivity index (χ3n) is 1.74. The second-order valence-electron chi connectivity index (χ2n) is 3.17. The highest BCUT2D eigenvalue weighted by molar-refractivity contribution is 5.16. The van der Waals surface area contributed by atoms with Crippen molar-refractivity contribution in [3.05, 3.63) is 37.0 Å². The Labute approximate surface area is 84.1 Å². The van der Waals surface area contributed by atoms with Crippen LogP contribution in [0.25, 0.3) is 0 Å². The summed E-state index contributed by atoms with van der Waals surface area (Å²) in [5.74, 6) is 0.654. The van der Waals surface area contributed by atoms with E-state index in [1.165, 1.54) is 18.4 Å². The summed E-state index contributed by atoms with van der Waals surface area (Å²) in [6, 6.07) is 0. The van der Waals surface area contributed by atoms with Crippen LogP contribution >= 0.6 is 0 Å². The molecule has 0 aliphatic rings. The molecule has 0 nitrogen and oxygen atoms in total. The van der Waals surface area contributed by atoms with E-state index in [4.69, 9.17) is 0 Å². The Kier molecular flexibility index (Phi) is 12.7. The smallest absolute Gasteiger partial charge is 0.0196 e. The average Bonchev–Trinajstić information content (AvgIpc) is 2.06. The lowest BCUT2D eigenvalue weighted by Gasteiger charge is -2.08. The van der Waals surface area contributed by atoms with E-state index >= 15 is 0 Å². The van der Waals surface area contributed by atoms with Crippen molar-refractivity contribution in [1.29, 1.82) is 0 Å². The highest BCUT2D eigenvalue weighted by Crippen LogP contribution is 2.15. The largest absolute Gasteiger partial charge is 0.103 e. The second kappa shape index (κ2) is 11.2. The van der Waals surface area contributed by atoms with Gasteiger partial charge in [0.1, 0.15) is 0 Å². The van der Waals surface area contributed by atoms with Gasteiger partial charge in [-0.15, -0.1) is 6.58 Å². The number of rotatable bonds is 4. The molecule has 13 heavy (non-hydrogen) atoms. The molecule has 0 heteroatoms. The van der Waals surface area contributed by atoms with Gasteiger partial charge in [0.05, 0.1) is 0 Å². The fraction of sp³-hybridized carbons (Fsp3) is 0.538. The van der Waals surface area contributed by atoms with Crippen LogP contribution in [0.4, 0.5) is 0 Å². The second-order valence-corrected chi connectivity index (χ2v) is 3.17. The van der Waals surface area contributed by atoms with Crippen molar-refractivity contribution in [2.24, 2.45) is 5.92 Å². The molecule has 0 aromatic heterocycles. The van der Waals surface area contributed by atoms with E-state index in [9.17, 15) is 0 Å². The van der Waals surface area contributed by atoms with Crippen LogP contribution in [0.1, 0.15) is 40.5 Å². The maximum absolute atomic E-state index is 3.98. The molecule has 0 N–H and O–H groups in total. The lowest BCUT2D eigenvalue weighted by molar-refractivity contribution is 0.614. The zero-order valence-electron chi connectivity index (χ0n) is 9.64. The molecule has 0 saturated heterocycles. The van der Waals surface area contributed by atoms with Crippen LogP contribution in [0.15, 0.2) is 37.0 Å². The molecule has 0 aliphatic carbocycles. The summed E-state index contributed by atoms with van der Waals surface area (Å²) in [6.45, 7) is 15.7. The Morgan fingerprint density at radius 3 is 2.15 bits per heavy atom. The molecule has 0 heterocycles. The van der Waals surface area contributed by atoms with Gasteiger partial charge >= 0.3 is 0 Å². The Hall–Kier alpha value is -0.780. The standard InChI is InChI=1S/C10H18.C3H6/c1-5-7-9(3)10(4)8-6-2;1-3-2/h5,7,10H,3,6,8H2,1-2,4H3;3H,1H2,2H3/b7-5-;. The number of allylic oxidation sites excluding steroid dienone is 4. The molecule has 0 aromatic carbocycles. The van der Waals surface area contributed by atoms with Crippen molar-refractivity contribution >= 4 is 0 Å². The zero-order chi connectivity index (χ0) is 10.7. The van der Waals surface area contributed by atoms with Gasteiger partial charge in [0.15, 0.2) is 0 Å². The molecule has 0 amide bonds. The molecule has 0 aliphatic heterocycles. The Bertz CT molecular complexity index is 151. The van der Waals surface area contributed by atoms with Crippen molar-refractivity contribution in [3.63, 3.8) is 0 Å². The van der Waals surface area contributed by atoms with E-state index in [2.05, 4.69) is 39.2 Å². The van der Waals surface area contributed by atoms with Crippen LogP contribution in [0.3, 0.4) is 0 Å². The predicted molar refractivity (Wildman–Crippen MR) is 63.9 cm³/mol. The molecule has 0 spiro atoms. The van der Waals surface area contributed by atoms with Gasteiger partial charge in [-0.3, -0.25) is 0 Å². The Morgan fingerprint density at radius 1 is 1.38 bits per heavy atom. The highest BCUT2D eigenvalue weighted by atomic mass is 14.1. The number of hydrogen-bond donors (Lipinski definition) is 0. The number of hydrogen-bond acceptors (Lipinski definition) is 0. The fourth-order valence-corrected chi connectivity index (χ4v) is 0.997. The molecule has 0 rings (SSSR count). The zero-order valence-corrected chi connectivity index (χ0v) is 9.64. The van der Waals surface area contributed by atoms with Gasteiger partial charge in [0, 0.05) is 0 Å². The molecule has 76 valence electrons. The van der Waals surface area contributed by atoms with Crippen LogP contribution in [0.2, 0.25) is 0 Å². The maximum Gasteiger partial charge on any atom is -0.0196 e. The molecule has 0 fully saturated rings. The third kappa shape index (κ3) is 11.2. The van der Waals surface area contributed by atoms with Crippen molar-refractivity contribution in [3.8, 4) is 0 Å². The van der Waals surface area contributed by atoms with Crippen LogP contribution in [0.5, 0.6) is 0 Å². The highest BCUT2D eigenvalue weighted by Gasteiger charge is 2.00. The molecule has 0 aromatic rings. The summed E-state index contributed by atoms with van der Waals surface area (Å²) >= 11 is 0. The normalized spacial score (nSPS) is 11.7. The van der Waals surface area contributed by atoms with Crippen molar-refractivity contribution < 1.29 is 0 Å². The van der Waals surface area contributed by atoms with Gasteiger partial charge in [-0.1, -0.05) is 50.6 Å². The first kappa shape index (κ1) is 14.7. The summed E-state index contributed by atoms with van der Waals surface area (Å²) in [5, 5.41) is 0. The molecule has 1 unspecified atom stereocenters. The monoisotopic (exact) mass is 180 g/mol. The van der Waals surface area contributed by atoms with Crippen LogP contribution in [-0.4, -0.2) is 0 Å². The predicted octanol–water partition coefficient (Wildman–Crippen LogP) is 4.75. The molecular formula is C13H24. The van der Waals surface area contributed by atoms with E-state index < -0.39 is 0 Å². The Balaban J connectivity index is 0. The first-order chi connectivity index (χ1) is 6.13. The summed E-state index contributed by atoms with van der Waals surface area (Å²) in [4.78, 5) is 0. The third-order valence-corrected chi connectivity index (χ3v) is 1.74. The SMILES string of the molecule is C=C(/C=C\C)C(C)CCC.C=CC. The molecule has 0 saturated carbocycles. The summed E-state index contributed by atoms with van der Waals surface area (Å²) in [5.41, 5.74) is 1.25. The quantitative estimate of drug-likeness (QED) is 0.433. The topological polar surface area (TPSA) is 0 Å². The maximum atomic E-state index is 3.98. The van der Waals surface area contributed by atoms with E-state index in [1.54, 1.807) is 6.08 Å². The minimum absolute atomic E-state index is 0.654. The summed E-state index contributed by atoms with van der Waals surface area (Å²) in [7, 11) is 0. The lowest BCUT2D eigenvalue weighted by Crippen LogP contribution is -1.94. The minimum Gasteiger partial charge on any atom is -0.103 e. The van der Waals surface area contributed by atoms with Gasteiger partial charge in [-0.2, -0.15) is 0 Å². The Morgan fingerprint density at radius 2 is 1.85 bits per heavy atom. The first-order valence-electron chi connectivity index (χ1n) is 5.02. The van der Waals surface area contributed by atoms with Crippen LogP contribution in [-0.2, 0) is 0 Å². The fourth-order valence-electron chi connectivity index (χ4n) is 0.997. The van der Waals surface area contributed by atoms with Crippen molar-refractivity contribution in [2.75, 3.05) is 0 Å². The van der Waals surface area contributed by atoms with Gasteiger partial charge < -0.3 is 0 Å². The van der Waals surface area contributed by atoms with Gasteiger partial charge in [-0.25, -0.2) is 0 Å². The van der Waals surface area contributed by atoms with Gasteiger partial charge in [0.2, 0.25) is 0 Å². The van der Waals surface area contributed by atoms with E-state index in [0.717, 1.165) is 0 Å². The minimum atomic E-state index is 0.654. The van der Waals surface area contributed by atoms with Crippen molar-refractivity contribution in [2.45, 2.75) is 40.5 Å². The van der Waals surface area contributed by atoms with Gasteiger partial charge in [-0.05, 0) is 26.2 Å². The van der Waals surface area contributed by atoms with Crippen LogP contribution in [0, 0.1) is 5.92 Å². The molecule has 1 atom stereocenters. The van der Waals surface area contributed by atoms with Crippen molar-refractivity contribution in [1.82, 2.24) is 0 Å². The molecular weight excluding hydrogens is 156 g/mol.